The lowest BCUT2D eigenvalue weighted by Crippen LogP contribution is -2.37. The van der Waals surface area contributed by atoms with Crippen LogP contribution < -0.4 is 15.4 Å². The number of pyridine rings is 1. The van der Waals surface area contributed by atoms with Gasteiger partial charge in [0.25, 0.3) is 10.0 Å². The van der Waals surface area contributed by atoms with Gasteiger partial charge in [0.1, 0.15) is 21.7 Å². The van der Waals surface area contributed by atoms with E-state index in [9.17, 15) is 18.0 Å². The van der Waals surface area contributed by atoms with Crippen molar-refractivity contribution in [2.24, 2.45) is 0 Å². The fraction of sp³-hybridized carbons (Fsp3) is 0.444. The highest BCUT2D eigenvalue weighted by Gasteiger charge is 2.30. The van der Waals surface area contributed by atoms with E-state index in [0.29, 0.717) is 17.3 Å². The number of imidazole rings is 1. The van der Waals surface area contributed by atoms with Crippen LogP contribution in [0, 0.1) is 0 Å². The molecule has 13 heteroatoms. The summed E-state index contributed by atoms with van der Waals surface area (Å²) in [4.78, 5) is 30.9. The summed E-state index contributed by atoms with van der Waals surface area (Å²) >= 11 is 6.53. The van der Waals surface area contributed by atoms with Crippen molar-refractivity contribution in [3.05, 3.63) is 52.9 Å². The van der Waals surface area contributed by atoms with Gasteiger partial charge >= 0.3 is 12.2 Å². The normalized spacial score (nSPS) is 14.2. The second-order valence-electron chi connectivity index (χ2n) is 11.7. The molecule has 0 radical (unpaired) electrons. The van der Waals surface area contributed by atoms with Gasteiger partial charge in [-0.2, -0.15) is 0 Å². The maximum absolute atomic E-state index is 13.3. The van der Waals surface area contributed by atoms with Crippen molar-refractivity contribution < 1.29 is 27.5 Å². The van der Waals surface area contributed by atoms with Crippen LogP contribution >= 0.6 is 11.6 Å². The van der Waals surface area contributed by atoms with Crippen LogP contribution in [0.2, 0.25) is 5.02 Å². The second kappa shape index (κ2) is 10.5. The fourth-order valence-corrected chi connectivity index (χ4v) is 5.33. The molecule has 1 aliphatic carbocycles. The molecule has 1 aliphatic rings. The van der Waals surface area contributed by atoms with E-state index >= 15 is 0 Å². The largest absolute Gasteiger partial charge is 0.443 e. The Balaban J connectivity index is 1.68. The third-order valence-corrected chi connectivity index (χ3v) is 7.45. The van der Waals surface area contributed by atoms with Crippen molar-refractivity contribution in [3.8, 4) is 0 Å². The van der Waals surface area contributed by atoms with Crippen molar-refractivity contribution in [1.82, 2.24) is 14.1 Å². The van der Waals surface area contributed by atoms with Crippen molar-refractivity contribution >= 4 is 50.8 Å². The Morgan fingerprint density at radius 2 is 1.75 bits per heavy atom. The molecule has 0 saturated heterocycles. The molecular formula is C27H34ClN5O6S. The van der Waals surface area contributed by atoms with Crippen molar-refractivity contribution in [1.29, 1.82) is 0 Å². The first-order valence-electron chi connectivity index (χ1n) is 12.7. The summed E-state index contributed by atoms with van der Waals surface area (Å²) in [5, 5.41) is -0.107. The Hall–Kier alpha value is -3.51. The summed E-state index contributed by atoms with van der Waals surface area (Å²) in [6, 6.07) is 6.30. The maximum Gasteiger partial charge on any atom is 0.421 e. The van der Waals surface area contributed by atoms with Crippen LogP contribution in [0.5, 0.6) is 0 Å². The van der Waals surface area contributed by atoms with E-state index in [1.807, 2.05) is 27.6 Å². The van der Waals surface area contributed by atoms with Gasteiger partial charge < -0.3 is 19.6 Å². The minimum Gasteiger partial charge on any atom is -0.443 e. The molecule has 2 heterocycles. The number of nitrogens with two attached hydrogens (primary N) is 1. The summed E-state index contributed by atoms with van der Waals surface area (Å²) in [6.07, 6.45) is 4.28. The molecule has 1 fully saturated rings. The molecule has 40 heavy (non-hydrogen) atoms. The summed E-state index contributed by atoms with van der Waals surface area (Å²) in [6.45, 7) is 9.93. The van der Waals surface area contributed by atoms with Crippen LogP contribution in [0.4, 0.5) is 21.0 Å². The third-order valence-electron chi connectivity index (χ3n) is 5.78. The number of anilines is 2. The quantitative estimate of drug-likeness (QED) is 0.352. The first-order chi connectivity index (χ1) is 18.4. The Bertz CT molecular complexity index is 1570. The highest BCUT2D eigenvalue weighted by molar-refractivity contribution is 7.90. The number of fused-ring (bicyclic) bond motifs is 1. The summed E-state index contributed by atoms with van der Waals surface area (Å²) < 4.78 is 40.2. The number of nitrogens with one attached hydrogen (secondary N) is 1. The Morgan fingerprint density at radius 3 is 2.35 bits per heavy atom. The number of hydrogen-bond acceptors (Lipinski definition) is 8. The molecule has 3 N–H and O–H groups in total. The topological polar surface area (TPSA) is 145 Å². The van der Waals surface area contributed by atoms with Gasteiger partial charge in [0.2, 0.25) is 0 Å². The van der Waals surface area contributed by atoms with Gasteiger partial charge in [0, 0.05) is 12.4 Å². The SMILES string of the molecule is CC(C)(C)OC(=O)NS(=O)(=O)c1cc(Cl)c(N(Cc2cn3cc(C4CC4)ccc3n2)C(=O)OC(C)(C)C)cc1N. The number of benzene rings is 1. The van der Waals surface area contributed by atoms with Gasteiger partial charge in [-0.3, -0.25) is 4.90 Å². The van der Waals surface area contributed by atoms with Gasteiger partial charge in [0.05, 0.1) is 28.6 Å². The van der Waals surface area contributed by atoms with Crippen LogP contribution in [0.25, 0.3) is 5.65 Å². The molecule has 1 aromatic carbocycles. The number of amides is 2. The molecule has 216 valence electrons. The van der Waals surface area contributed by atoms with Crippen LogP contribution in [0.3, 0.4) is 0 Å². The average Bonchev–Trinajstić information content (AvgIpc) is 3.55. The molecule has 2 aromatic heterocycles. The maximum atomic E-state index is 13.3. The number of hydrogen-bond donors (Lipinski definition) is 2. The first-order valence-corrected chi connectivity index (χ1v) is 14.6. The molecule has 2 amide bonds. The number of carbonyl (C=O) groups excluding carboxylic acids is 2. The standard InChI is InChI=1S/C27H34ClN5O6S/c1-26(2,3)38-24(34)31-40(36,37)22-11-19(28)21(12-20(22)29)33(25(35)39-27(4,5)6)15-18-14-32-13-17(16-7-8-16)9-10-23(32)30-18/h9-14,16H,7-8,15,29H2,1-6H3,(H,31,34). The van der Waals surface area contributed by atoms with E-state index in [0.717, 1.165) is 6.07 Å². The van der Waals surface area contributed by atoms with Gasteiger partial charge in [-0.05, 0) is 84.1 Å². The minimum atomic E-state index is -4.44. The van der Waals surface area contributed by atoms with Crippen molar-refractivity contribution in [3.63, 3.8) is 0 Å². The van der Waals surface area contributed by atoms with E-state index in [4.69, 9.17) is 26.8 Å². The molecule has 1 saturated carbocycles. The first kappa shape index (κ1) is 29.5. The number of rotatable bonds is 6. The van der Waals surface area contributed by atoms with Crippen LogP contribution in [0.1, 0.15) is 71.6 Å². The second-order valence-corrected chi connectivity index (χ2v) is 13.8. The Morgan fingerprint density at radius 1 is 1.10 bits per heavy atom. The number of carbonyl (C=O) groups is 2. The van der Waals surface area contributed by atoms with Crippen molar-refractivity contribution in [2.45, 2.75) is 82.9 Å². The number of halogens is 1. The summed E-state index contributed by atoms with van der Waals surface area (Å²) in [7, 11) is -4.44. The summed E-state index contributed by atoms with van der Waals surface area (Å²) in [5.74, 6) is 0.565. The molecular weight excluding hydrogens is 558 g/mol. The lowest BCUT2D eigenvalue weighted by atomic mass is 10.2. The lowest BCUT2D eigenvalue weighted by molar-refractivity contribution is 0.0561. The highest BCUT2D eigenvalue weighted by Crippen LogP contribution is 2.40. The zero-order valence-electron chi connectivity index (χ0n) is 23.3. The lowest BCUT2D eigenvalue weighted by Gasteiger charge is -2.28. The molecule has 0 spiro atoms. The van der Waals surface area contributed by atoms with E-state index in [-0.39, 0.29) is 22.9 Å². The predicted molar refractivity (Wildman–Crippen MR) is 152 cm³/mol. The Labute approximate surface area is 238 Å². The van der Waals surface area contributed by atoms with E-state index < -0.39 is 38.3 Å². The molecule has 4 rings (SSSR count). The summed E-state index contributed by atoms with van der Waals surface area (Å²) in [5.41, 5.74) is 6.74. The van der Waals surface area contributed by atoms with E-state index in [1.54, 1.807) is 41.5 Å². The number of sulfonamides is 1. The Kier molecular flexibility index (Phi) is 7.72. The zero-order valence-corrected chi connectivity index (χ0v) is 24.9. The highest BCUT2D eigenvalue weighted by atomic mass is 35.5. The van der Waals surface area contributed by atoms with Gasteiger partial charge in [-0.1, -0.05) is 17.7 Å². The molecule has 0 atom stereocenters. The molecule has 0 aliphatic heterocycles. The predicted octanol–water partition coefficient (Wildman–Crippen LogP) is 5.60. The van der Waals surface area contributed by atoms with Crippen LogP contribution in [-0.4, -0.2) is 41.2 Å². The van der Waals surface area contributed by atoms with Crippen LogP contribution in [-0.2, 0) is 26.0 Å². The van der Waals surface area contributed by atoms with E-state index in [2.05, 4.69) is 11.1 Å². The smallest absolute Gasteiger partial charge is 0.421 e. The minimum absolute atomic E-state index is 0.0310. The molecule has 0 unspecified atom stereocenters. The number of aromatic nitrogens is 2. The molecule has 11 nitrogen and oxygen atoms in total. The van der Waals surface area contributed by atoms with Gasteiger partial charge in [-0.15, -0.1) is 0 Å². The number of nitrogen functional groups attached to an aromatic ring is 1. The van der Waals surface area contributed by atoms with Gasteiger partial charge in [0.15, 0.2) is 0 Å². The van der Waals surface area contributed by atoms with Gasteiger partial charge in [-0.25, -0.2) is 27.7 Å². The fourth-order valence-electron chi connectivity index (χ4n) is 3.99. The molecule has 0 bridgehead atoms. The van der Waals surface area contributed by atoms with Crippen molar-refractivity contribution in [2.75, 3.05) is 10.6 Å². The van der Waals surface area contributed by atoms with E-state index in [1.165, 1.54) is 29.4 Å². The number of ether oxygens (including phenoxy) is 2. The van der Waals surface area contributed by atoms with Crippen LogP contribution in [0.15, 0.2) is 41.6 Å². The monoisotopic (exact) mass is 591 g/mol. The third kappa shape index (κ3) is 7.16. The number of nitrogens with zero attached hydrogens (tertiary/aromatic N) is 3. The zero-order chi connectivity index (χ0) is 29.6. The average molecular weight is 592 g/mol. The molecule has 3 aromatic rings.